The van der Waals surface area contributed by atoms with Crippen LogP contribution in [0.2, 0.25) is 0 Å². The van der Waals surface area contributed by atoms with Gasteiger partial charge >= 0.3 is 0 Å². The fourth-order valence-electron chi connectivity index (χ4n) is 1.81. The molecule has 2 aromatic heterocycles. The number of nitrogens with zero attached hydrogens (tertiary/aromatic N) is 2. The van der Waals surface area contributed by atoms with Crippen molar-refractivity contribution in [1.29, 1.82) is 0 Å². The maximum absolute atomic E-state index is 4.98. The molecule has 0 aliphatic rings. The number of aromatic nitrogens is 2. The van der Waals surface area contributed by atoms with Crippen molar-refractivity contribution in [1.82, 2.24) is 9.97 Å². The van der Waals surface area contributed by atoms with Gasteiger partial charge in [-0.25, -0.2) is 9.97 Å². The van der Waals surface area contributed by atoms with E-state index in [-0.39, 0.29) is 0 Å². The second-order valence-electron chi connectivity index (χ2n) is 4.07. The van der Waals surface area contributed by atoms with Gasteiger partial charge in [0.25, 0.3) is 0 Å². The fourth-order valence-corrected chi connectivity index (χ4v) is 1.81. The van der Waals surface area contributed by atoms with Crippen LogP contribution in [0.4, 0.5) is 5.82 Å². The van der Waals surface area contributed by atoms with E-state index in [0.29, 0.717) is 6.61 Å². The summed E-state index contributed by atoms with van der Waals surface area (Å²) in [5.41, 5.74) is 3.00. The largest absolute Gasteiger partial charge is 0.383 e. The Labute approximate surface area is 101 Å². The summed E-state index contributed by atoms with van der Waals surface area (Å²) in [5, 5.41) is 4.31. The van der Waals surface area contributed by atoms with Crippen molar-refractivity contribution in [3.8, 4) is 0 Å². The summed E-state index contributed by atoms with van der Waals surface area (Å²) in [4.78, 5) is 8.93. The van der Waals surface area contributed by atoms with Crippen molar-refractivity contribution < 1.29 is 4.74 Å². The Morgan fingerprint density at radius 3 is 2.82 bits per heavy atom. The fraction of sp³-hybridized carbons (Fsp3) is 0.385. The van der Waals surface area contributed by atoms with Gasteiger partial charge in [0.05, 0.1) is 6.61 Å². The molecule has 0 bridgehead atoms. The van der Waals surface area contributed by atoms with Gasteiger partial charge in [0, 0.05) is 24.7 Å². The van der Waals surface area contributed by atoms with E-state index in [4.69, 9.17) is 4.74 Å². The summed E-state index contributed by atoms with van der Waals surface area (Å²) in [7, 11) is 1.68. The lowest BCUT2D eigenvalue weighted by molar-refractivity contribution is 0.210. The van der Waals surface area contributed by atoms with Gasteiger partial charge in [-0.3, -0.25) is 0 Å². The molecular weight excluding hydrogens is 214 g/mol. The predicted molar refractivity (Wildman–Crippen MR) is 69.4 cm³/mol. The Bertz CT molecular complexity index is 525. The molecule has 0 atom stereocenters. The summed E-state index contributed by atoms with van der Waals surface area (Å²) in [6, 6.07) is 6.10. The minimum Gasteiger partial charge on any atom is -0.383 e. The lowest BCUT2D eigenvalue weighted by Crippen LogP contribution is -2.08. The molecule has 0 radical (unpaired) electrons. The van der Waals surface area contributed by atoms with Crippen LogP contribution in [-0.2, 0) is 4.74 Å². The molecule has 2 aromatic rings. The number of pyridine rings is 2. The normalized spacial score (nSPS) is 10.8. The van der Waals surface area contributed by atoms with Crippen molar-refractivity contribution in [2.45, 2.75) is 13.8 Å². The maximum atomic E-state index is 4.98. The zero-order valence-corrected chi connectivity index (χ0v) is 10.4. The lowest BCUT2D eigenvalue weighted by Gasteiger charge is -2.07. The summed E-state index contributed by atoms with van der Waals surface area (Å²) >= 11 is 0. The van der Waals surface area contributed by atoms with Crippen molar-refractivity contribution in [3.05, 3.63) is 29.5 Å². The van der Waals surface area contributed by atoms with Crippen molar-refractivity contribution >= 4 is 16.9 Å². The third-order valence-corrected chi connectivity index (χ3v) is 2.62. The van der Waals surface area contributed by atoms with E-state index in [9.17, 15) is 0 Å². The van der Waals surface area contributed by atoms with Gasteiger partial charge in [-0.15, -0.1) is 0 Å². The highest BCUT2D eigenvalue weighted by Crippen LogP contribution is 2.18. The second kappa shape index (κ2) is 5.10. The van der Waals surface area contributed by atoms with Crippen LogP contribution in [0, 0.1) is 13.8 Å². The number of hydrogen-bond acceptors (Lipinski definition) is 4. The summed E-state index contributed by atoms with van der Waals surface area (Å²) in [5.74, 6) is 0.840. The van der Waals surface area contributed by atoms with Gasteiger partial charge in [-0.2, -0.15) is 0 Å². The number of aryl methyl sites for hydroxylation is 2. The zero-order valence-electron chi connectivity index (χ0n) is 10.4. The van der Waals surface area contributed by atoms with Crippen molar-refractivity contribution in [3.63, 3.8) is 0 Å². The van der Waals surface area contributed by atoms with E-state index < -0.39 is 0 Å². The average Bonchev–Trinajstić information content (AvgIpc) is 2.28. The molecule has 0 aliphatic carbocycles. The average molecular weight is 231 g/mol. The molecule has 90 valence electrons. The standard InChI is InChI=1S/C13H17N3O/c1-9-8-10(2)15-13-11(9)4-5-12(16-13)14-6-7-17-3/h4-5,8H,6-7H2,1-3H3,(H,14,15,16). The molecule has 4 heteroatoms. The molecule has 0 spiro atoms. The third-order valence-electron chi connectivity index (χ3n) is 2.62. The Morgan fingerprint density at radius 2 is 2.06 bits per heavy atom. The summed E-state index contributed by atoms with van der Waals surface area (Å²) < 4.78 is 4.98. The molecule has 0 aliphatic heterocycles. The molecule has 17 heavy (non-hydrogen) atoms. The second-order valence-corrected chi connectivity index (χ2v) is 4.07. The number of ether oxygens (including phenoxy) is 1. The number of methoxy groups -OCH3 is 1. The Morgan fingerprint density at radius 1 is 1.24 bits per heavy atom. The topological polar surface area (TPSA) is 47.0 Å². The Hall–Kier alpha value is -1.68. The molecular formula is C13H17N3O. The number of nitrogens with one attached hydrogen (secondary N) is 1. The molecule has 0 aromatic carbocycles. The van der Waals surface area contributed by atoms with Crippen molar-refractivity contribution in [2.24, 2.45) is 0 Å². The van der Waals surface area contributed by atoms with Gasteiger partial charge < -0.3 is 10.1 Å². The van der Waals surface area contributed by atoms with Crippen LogP contribution in [0.3, 0.4) is 0 Å². The van der Waals surface area contributed by atoms with Gasteiger partial charge in [-0.1, -0.05) is 0 Å². The van der Waals surface area contributed by atoms with Crippen LogP contribution in [0.15, 0.2) is 18.2 Å². The first-order valence-electron chi connectivity index (χ1n) is 5.68. The quantitative estimate of drug-likeness (QED) is 0.820. The molecule has 2 heterocycles. The van der Waals surface area contributed by atoms with Crippen LogP contribution in [0.5, 0.6) is 0 Å². The minimum atomic E-state index is 0.667. The van der Waals surface area contributed by atoms with Gasteiger partial charge in [-0.05, 0) is 37.6 Å². The van der Waals surface area contributed by atoms with E-state index in [1.54, 1.807) is 7.11 Å². The van der Waals surface area contributed by atoms with Gasteiger partial charge in [0.2, 0.25) is 0 Å². The molecule has 4 nitrogen and oxygen atoms in total. The van der Waals surface area contributed by atoms with E-state index in [0.717, 1.165) is 29.1 Å². The molecule has 0 unspecified atom stereocenters. The number of hydrogen-bond donors (Lipinski definition) is 1. The Balaban J connectivity index is 2.30. The van der Waals surface area contributed by atoms with E-state index >= 15 is 0 Å². The van der Waals surface area contributed by atoms with Gasteiger partial charge in [0.1, 0.15) is 5.82 Å². The minimum absolute atomic E-state index is 0.667. The summed E-state index contributed by atoms with van der Waals surface area (Å²) in [6.45, 7) is 5.48. The lowest BCUT2D eigenvalue weighted by atomic mass is 10.1. The monoisotopic (exact) mass is 231 g/mol. The molecule has 0 saturated heterocycles. The molecule has 0 fully saturated rings. The first-order chi connectivity index (χ1) is 8.20. The third kappa shape index (κ3) is 2.71. The highest BCUT2D eigenvalue weighted by atomic mass is 16.5. The van der Waals surface area contributed by atoms with Crippen molar-refractivity contribution in [2.75, 3.05) is 25.6 Å². The summed E-state index contributed by atoms with van der Waals surface area (Å²) in [6.07, 6.45) is 0. The smallest absolute Gasteiger partial charge is 0.162 e. The van der Waals surface area contributed by atoms with Crippen LogP contribution < -0.4 is 5.32 Å². The molecule has 0 amide bonds. The van der Waals surface area contributed by atoms with Crippen LogP contribution in [0.1, 0.15) is 11.3 Å². The highest BCUT2D eigenvalue weighted by molar-refractivity contribution is 5.80. The maximum Gasteiger partial charge on any atom is 0.162 e. The number of fused-ring (bicyclic) bond motifs is 1. The molecule has 2 rings (SSSR count). The van der Waals surface area contributed by atoms with E-state index in [2.05, 4.69) is 34.3 Å². The van der Waals surface area contributed by atoms with Crippen LogP contribution in [0.25, 0.3) is 11.0 Å². The van der Waals surface area contributed by atoms with Crippen LogP contribution in [-0.4, -0.2) is 30.2 Å². The Kier molecular flexibility index (Phi) is 3.54. The predicted octanol–water partition coefficient (Wildman–Crippen LogP) is 2.30. The van der Waals surface area contributed by atoms with Gasteiger partial charge in [0.15, 0.2) is 5.65 Å². The number of rotatable bonds is 4. The molecule has 1 N–H and O–H groups in total. The zero-order chi connectivity index (χ0) is 12.3. The van der Waals surface area contributed by atoms with Crippen LogP contribution >= 0.6 is 0 Å². The first kappa shape index (κ1) is 11.8. The van der Waals surface area contributed by atoms with E-state index in [1.165, 1.54) is 5.56 Å². The van der Waals surface area contributed by atoms with E-state index in [1.807, 2.05) is 13.0 Å². The SMILES string of the molecule is COCCNc1ccc2c(C)cc(C)nc2n1. The highest BCUT2D eigenvalue weighted by Gasteiger charge is 2.03. The molecule has 0 saturated carbocycles. The number of anilines is 1. The first-order valence-corrected chi connectivity index (χ1v) is 5.68.